The predicted molar refractivity (Wildman–Crippen MR) is 92.8 cm³/mol. The van der Waals surface area contributed by atoms with Crippen molar-refractivity contribution in [2.45, 2.75) is 6.04 Å². The summed E-state index contributed by atoms with van der Waals surface area (Å²) in [6, 6.07) is 16.1. The third-order valence-corrected chi connectivity index (χ3v) is 4.57. The standard InChI is InChI=1S/C16H13Br2N3/c17-12-5-6-13(14(18)8-12)16(21-19)11-7-10-3-1-2-4-15(10)20-9-11/h1-9,16,21H,19H2. The van der Waals surface area contributed by atoms with Crippen LogP contribution in [0.4, 0.5) is 0 Å². The lowest BCUT2D eigenvalue weighted by molar-refractivity contribution is 0.633. The fourth-order valence-electron chi connectivity index (χ4n) is 2.35. The van der Waals surface area contributed by atoms with Crippen molar-refractivity contribution >= 4 is 42.8 Å². The van der Waals surface area contributed by atoms with Crippen LogP contribution in [0.2, 0.25) is 0 Å². The van der Waals surface area contributed by atoms with Crippen molar-refractivity contribution in [1.82, 2.24) is 10.4 Å². The summed E-state index contributed by atoms with van der Waals surface area (Å²) in [5.41, 5.74) is 5.95. The van der Waals surface area contributed by atoms with Gasteiger partial charge in [0.05, 0.1) is 11.6 Å². The second-order valence-corrected chi connectivity index (χ2v) is 6.50. The van der Waals surface area contributed by atoms with E-state index in [1.54, 1.807) is 0 Å². The lowest BCUT2D eigenvalue weighted by Gasteiger charge is -2.18. The molecule has 21 heavy (non-hydrogen) atoms. The molecule has 0 aliphatic heterocycles. The first-order chi connectivity index (χ1) is 10.2. The van der Waals surface area contributed by atoms with Crippen LogP contribution in [0.15, 0.2) is 63.7 Å². The predicted octanol–water partition coefficient (Wildman–Crippen LogP) is 4.31. The molecule has 0 spiro atoms. The number of benzene rings is 2. The molecule has 5 heteroatoms. The number of nitrogens with two attached hydrogens (primary N) is 1. The van der Waals surface area contributed by atoms with Crippen molar-refractivity contribution < 1.29 is 0 Å². The molecule has 3 rings (SSSR count). The Morgan fingerprint density at radius 1 is 1.05 bits per heavy atom. The summed E-state index contributed by atoms with van der Waals surface area (Å²) >= 11 is 7.05. The molecule has 3 N–H and O–H groups in total. The molecule has 0 bridgehead atoms. The highest BCUT2D eigenvalue weighted by Crippen LogP contribution is 2.31. The van der Waals surface area contributed by atoms with Gasteiger partial charge in [-0.15, -0.1) is 0 Å². The Morgan fingerprint density at radius 2 is 1.86 bits per heavy atom. The van der Waals surface area contributed by atoms with Crippen molar-refractivity contribution in [3.8, 4) is 0 Å². The number of rotatable bonds is 3. The van der Waals surface area contributed by atoms with Crippen molar-refractivity contribution in [2.75, 3.05) is 0 Å². The van der Waals surface area contributed by atoms with E-state index in [0.29, 0.717) is 0 Å². The third kappa shape index (κ3) is 3.01. The van der Waals surface area contributed by atoms with Crippen molar-refractivity contribution in [3.63, 3.8) is 0 Å². The summed E-state index contributed by atoms with van der Waals surface area (Å²) in [6.07, 6.45) is 1.86. The minimum atomic E-state index is -0.121. The first-order valence-corrected chi connectivity index (χ1v) is 8.03. The molecule has 0 saturated carbocycles. The smallest absolute Gasteiger partial charge is 0.0736 e. The van der Waals surface area contributed by atoms with Gasteiger partial charge in [-0.1, -0.05) is 56.1 Å². The molecule has 0 aliphatic carbocycles. The van der Waals surface area contributed by atoms with Gasteiger partial charge in [0.1, 0.15) is 0 Å². The summed E-state index contributed by atoms with van der Waals surface area (Å²) in [7, 11) is 0. The second kappa shape index (κ2) is 6.23. The lowest BCUT2D eigenvalue weighted by Crippen LogP contribution is -2.29. The average Bonchev–Trinajstić information content (AvgIpc) is 2.50. The molecular formula is C16H13Br2N3. The van der Waals surface area contributed by atoms with Gasteiger partial charge in [-0.3, -0.25) is 10.8 Å². The van der Waals surface area contributed by atoms with Gasteiger partial charge < -0.3 is 0 Å². The molecule has 1 heterocycles. The topological polar surface area (TPSA) is 50.9 Å². The summed E-state index contributed by atoms with van der Waals surface area (Å²) in [5, 5.41) is 1.10. The molecule has 0 aliphatic rings. The van der Waals surface area contributed by atoms with E-state index in [2.05, 4.69) is 54.4 Å². The third-order valence-electron chi connectivity index (χ3n) is 3.39. The van der Waals surface area contributed by atoms with E-state index in [4.69, 9.17) is 5.84 Å². The van der Waals surface area contributed by atoms with Crippen LogP contribution in [0, 0.1) is 0 Å². The molecule has 0 radical (unpaired) electrons. The van der Waals surface area contributed by atoms with Crippen LogP contribution in [0.1, 0.15) is 17.2 Å². The zero-order chi connectivity index (χ0) is 14.8. The number of aromatic nitrogens is 1. The molecule has 1 unspecified atom stereocenters. The van der Waals surface area contributed by atoms with Crippen LogP contribution in [0.5, 0.6) is 0 Å². The van der Waals surface area contributed by atoms with Gasteiger partial charge >= 0.3 is 0 Å². The molecule has 3 aromatic rings. The molecule has 1 aromatic heterocycles. The fraction of sp³-hybridized carbons (Fsp3) is 0.0625. The molecule has 2 aromatic carbocycles. The van der Waals surface area contributed by atoms with E-state index in [9.17, 15) is 0 Å². The number of nitrogens with one attached hydrogen (secondary N) is 1. The molecule has 0 fully saturated rings. The highest BCUT2D eigenvalue weighted by molar-refractivity contribution is 9.11. The van der Waals surface area contributed by atoms with Crippen LogP contribution < -0.4 is 11.3 Å². The molecule has 1 atom stereocenters. The number of hydrogen-bond acceptors (Lipinski definition) is 3. The van der Waals surface area contributed by atoms with Gasteiger partial charge in [-0.05, 0) is 35.4 Å². The van der Waals surface area contributed by atoms with Crippen LogP contribution in [-0.4, -0.2) is 4.98 Å². The van der Waals surface area contributed by atoms with Gasteiger partial charge in [0.15, 0.2) is 0 Å². The first-order valence-electron chi connectivity index (χ1n) is 6.45. The van der Waals surface area contributed by atoms with Gasteiger partial charge in [0.2, 0.25) is 0 Å². The monoisotopic (exact) mass is 405 g/mol. The minimum Gasteiger partial charge on any atom is -0.271 e. The molecule has 0 saturated heterocycles. The Morgan fingerprint density at radius 3 is 2.62 bits per heavy atom. The van der Waals surface area contributed by atoms with Gasteiger partial charge in [0, 0.05) is 20.5 Å². The quantitative estimate of drug-likeness (QED) is 0.503. The van der Waals surface area contributed by atoms with Crippen LogP contribution >= 0.6 is 31.9 Å². The first kappa shape index (κ1) is 14.7. The Kier molecular flexibility index (Phi) is 4.35. The maximum atomic E-state index is 5.78. The summed E-state index contributed by atoms with van der Waals surface area (Å²) in [6.45, 7) is 0. The van der Waals surface area contributed by atoms with E-state index in [-0.39, 0.29) is 6.04 Å². The second-order valence-electron chi connectivity index (χ2n) is 4.73. The maximum Gasteiger partial charge on any atom is 0.0736 e. The molecule has 106 valence electrons. The van der Waals surface area contributed by atoms with Crippen LogP contribution in [0.3, 0.4) is 0 Å². The van der Waals surface area contributed by atoms with Crippen molar-refractivity contribution in [3.05, 3.63) is 74.8 Å². The van der Waals surface area contributed by atoms with Crippen LogP contribution in [-0.2, 0) is 0 Å². The highest BCUT2D eigenvalue weighted by atomic mass is 79.9. The number of para-hydroxylation sites is 1. The van der Waals surface area contributed by atoms with E-state index in [1.165, 1.54) is 0 Å². The minimum absolute atomic E-state index is 0.121. The van der Waals surface area contributed by atoms with Gasteiger partial charge in [-0.25, -0.2) is 5.43 Å². The van der Waals surface area contributed by atoms with Crippen molar-refractivity contribution in [1.29, 1.82) is 0 Å². The Balaban J connectivity index is 2.09. The number of hydrogen-bond donors (Lipinski definition) is 2. The fourth-order valence-corrected chi connectivity index (χ4v) is 3.62. The molecule has 3 nitrogen and oxygen atoms in total. The number of hydrazine groups is 1. The summed E-state index contributed by atoms with van der Waals surface area (Å²) in [5.74, 6) is 5.78. The van der Waals surface area contributed by atoms with E-state index >= 15 is 0 Å². The molecular weight excluding hydrogens is 394 g/mol. The van der Waals surface area contributed by atoms with E-state index in [0.717, 1.165) is 31.0 Å². The maximum absolute atomic E-state index is 5.78. The van der Waals surface area contributed by atoms with Gasteiger partial charge in [0.25, 0.3) is 0 Å². The Bertz CT molecular complexity index is 789. The van der Waals surface area contributed by atoms with Crippen LogP contribution in [0.25, 0.3) is 10.9 Å². The number of nitrogens with zero attached hydrogens (tertiary/aromatic N) is 1. The summed E-state index contributed by atoms with van der Waals surface area (Å²) < 4.78 is 2.01. The SMILES string of the molecule is NNC(c1cnc2ccccc2c1)c1ccc(Br)cc1Br. The number of halogens is 2. The van der Waals surface area contributed by atoms with Crippen molar-refractivity contribution in [2.24, 2.45) is 5.84 Å². The number of pyridine rings is 1. The van der Waals surface area contributed by atoms with E-state index in [1.807, 2.05) is 42.6 Å². The Labute approximate surface area is 139 Å². The zero-order valence-corrected chi connectivity index (χ0v) is 14.2. The molecule has 0 amide bonds. The van der Waals surface area contributed by atoms with Gasteiger partial charge in [-0.2, -0.15) is 0 Å². The average molecular weight is 407 g/mol. The summed E-state index contributed by atoms with van der Waals surface area (Å²) in [4.78, 5) is 4.50. The van der Waals surface area contributed by atoms with E-state index < -0.39 is 0 Å². The zero-order valence-electron chi connectivity index (χ0n) is 11.1. The normalized spacial score (nSPS) is 12.5. The largest absolute Gasteiger partial charge is 0.271 e. The Hall–Kier alpha value is -1.27. The number of fused-ring (bicyclic) bond motifs is 1. The lowest BCUT2D eigenvalue weighted by atomic mass is 9.99. The highest BCUT2D eigenvalue weighted by Gasteiger charge is 2.16.